The molecule has 0 amide bonds. The first kappa shape index (κ1) is 10.6. The van der Waals surface area contributed by atoms with E-state index in [1.54, 1.807) is 0 Å². The lowest BCUT2D eigenvalue weighted by atomic mass is 9.86. The van der Waals surface area contributed by atoms with Gasteiger partial charge in [0.1, 0.15) is 5.78 Å². The molecular formula is C13H19NO. The Morgan fingerprint density at radius 2 is 2.20 bits per heavy atom. The first-order valence-electron chi connectivity index (χ1n) is 5.87. The van der Waals surface area contributed by atoms with Gasteiger partial charge >= 0.3 is 0 Å². The van der Waals surface area contributed by atoms with Gasteiger partial charge in [-0.1, -0.05) is 24.3 Å². The number of rotatable bonds is 3. The molecule has 2 aliphatic rings. The Balaban J connectivity index is 1.82. The highest BCUT2D eigenvalue weighted by Gasteiger charge is 2.24. The number of ketones is 1. The second-order valence-corrected chi connectivity index (χ2v) is 4.71. The molecule has 0 aromatic heterocycles. The van der Waals surface area contributed by atoms with E-state index in [1.165, 1.54) is 6.42 Å². The van der Waals surface area contributed by atoms with Crippen LogP contribution in [0, 0.1) is 11.8 Å². The van der Waals surface area contributed by atoms with Crippen LogP contribution < -0.4 is 5.73 Å². The van der Waals surface area contributed by atoms with Gasteiger partial charge in [0.25, 0.3) is 0 Å². The minimum absolute atomic E-state index is 0.102. The Kier molecular flexibility index (Phi) is 3.37. The Morgan fingerprint density at radius 1 is 1.33 bits per heavy atom. The van der Waals surface area contributed by atoms with E-state index in [0.29, 0.717) is 11.7 Å². The number of nitrogens with two attached hydrogens (primary N) is 1. The zero-order valence-corrected chi connectivity index (χ0v) is 9.06. The Labute approximate surface area is 91.2 Å². The molecular weight excluding hydrogens is 186 g/mol. The molecule has 0 radical (unpaired) electrons. The van der Waals surface area contributed by atoms with E-state index in [0.717, 1.165) is 25.7 Å². The molecule has 0 saturated heterocycles. The quantitative estimate of drug-likeness (QED) is 0.718. The molecule has 3 atom stereocenters. The second kappa shape index (κ2) is 4.75. The van der Waals surface area contributed by atoms with Crippen LogP contribution in [-0.4, -0.2) is 11.8 Å². The molecule has 0 heterocycles. The summed E-state index contributed by atoms with van der Waals surface area (Å²) in [5.74, 6) is 1.07. The summed E-state index contributed by atoms with van der Waals surface area (Å²) in [6.45, 7) is 0. The number of carbonyl (C=O) groups is 1. The van der Waals surface area contributed by atoms with E-state index in [4.69, 9.17) is 5.73 Å². The molecule has 2 rings (SSSR count). The number of allylic oxidation sites excluding steroid dienone is 3. The average molecular weight is 205 g/mol. The van der Waals surface area contributed by atoms with Crippen molar-refractivity contribution in [2.45, 2.75) is 38.1 Å². The number of carbonyl (C=O) groups excluding carboxylic acids is 1. The van der Waals surface area contributed by atoms with Crippen molar-refractivity contribution >= 4 is 5.78 Å². The van der Waals surface area contributed by atoms with Gasteiger partial charge < -0.3 is 5.73 Å². The maximum atomic E-state index is 11.9. The van der Waals surface area contributed by atoms with E-state index in [1.807, 2.05) is 12.2 Å². The molecule has 2 aliphatic carbocycles. The van der Waals surface area contributed by atoms with Crippen LogP contribution in [-0.2, 0) is 4.79 Å². The third-order valence-corrected chi connectivity index (χ3v) is 3.40. The first-order valence-corrected chi connectivity index (χ1v) is 5.87. The minimum Gasteiger partial charge on any atom is -0.324 e. The lowest BCUT2D eigenvalue weighted by Gasteiger charge is -2.18. The number of hydrogen-bond acceptors (Lipinski definition) is 2. The van der Waals surface area contributed by atoms with Crippen molar-refractivity contribution < 1.29 is 4.79 Å². The van der Waals surface area contributed by atoms with Gasteiger partial charge in [0.2, 0.25) is 0 Å². The molecule has 2 N–H and O–H groups in total. The van der Waals surface area contributed by atoms with E-state index in [9.17, 15) is 4.79 Å². The van der Waals surface area contributed by atoms with Crippen molar-refractivity contribution in [1.82, 2.24) is 0 Å². The van der Waals surface area contributed by atoms with Gasteiger partial charge in [-0.15, -0.1) is 0 Å². The summed E-state index contributed by atoms with van der Waals surface area (Å²) < 4.78 is 0. The molecule has 0 fully saturated rings. The second-order valence-electron chi connectivity index (χ2n) is 4.71. The predicted molar refractivity (Wildman–Crippen MR) is 61.3 cm³/mol. The van der Waals surface area contributed by atoms with Crippen LogP contribution in [0.4, 0.5) is 0 Å². The molecule has 2 heteroatoms. The van der Waals surface area contributed by atoms with Crippen molar-refractivity contribution in [3.8, 4) is 0 Å². The SMILES string of the molecule is NC1C=CC(C(=O)CC2CC=CCC2)C1. The van der Waals surface area contributed by atoms with Crippen LogP contribution in [0.1, 0.15) is 32.1 Å². The molecule has 15 heavy (non-hydrogen) atoms. The molecule has 0 bridgehead atoms. The molecule has 3 unspecified atom stereocenters. The van der Waals surface area contributed by atoms with Crippen LogP contribution in [0.5, 0.6) is 0 Å². The number of hydrogen-bond donors (Lipinski definition) is 1. The third kappa shape index (κ3) is 2.78. The molecule has 82 valence electrons. The molecule has 2 nitrogen and oxygen atoms in total. The molecule has 0 aliphatic heterocycles. The molecule has 0 spiro atoms. The van der Waals surface area contributed by atoms with Gasteiger partial charge in [-0.2, -0.15) is 0 Å². The summed E-state index contributed by atoms with van der Waals surface area (Å²) in [5.41, 5.74) is 5.75. The smallest absolute Gasteiger partial charge is 0.140 e. The zero-order chi connectivity index (χ0) is 10.7. The lowest BCUT2D eigenvalue weighted by molar-refractivity contribution is -0.122. The maximum absolute atomic E-state index is 11.9. The van der Waals surface area contributed by atoms with E-state index in [-0.39, 0.29) is 12.0 Å². The summed E-state index contributed by atoms with van der Waals surface area (Å²) in [4.78, 5) is 11.9. The van der Waals surface area contributed by atoms with E-state index in [2.05, 4.69) is 12.2 Å². The average Bonchev–Trinajstić information content (AvgIpc) is 2.66. The third-order valence-electron chi connectivity index (χ3n) is 3.40. The highest BCUT2D eigenvalue weighted by atomic mass is 16.1. The van der Waals surface area contributed by atoms with E-state index >= 15 is 0 Å². The first-order chi connectivity index (χ1) is 7.25. The van der Waals surface area contributed by atoms with Crippen molar-refractivity contribution in [3.63, 3.8) is 0 Å². The van der Waals surface area contributed by atoms with Gasteiger partial charge in [0.05, 0.1) is 0 Å². The summed E-state index contributed by atoms with van der Waals surface area (Å²) in [6, 6.07) is 0.102. The maximum Gasteiger partial charge on any atom is 0.140 e. The fraction of sp³-hybridized carbons (Fsp3) is 0.615. The standard InChI is InChI=1S/C13H19NO/c14-12-7-6-11(9-12)13(15)8-10-4-2-1-3-5-10/h1-2,6-7,10-12H,3-5,8-9,14H2. The summed E-state index contributed by atoms with van der Waals surface area (Å²) in [6.07, 6.45) is 13.3. The van der Waals surface area contributed by atoms with Crippen molar-refractivity contribution in [3.05, 3.63) is 24.3 Å². The van der Waals surface area contributed by atoms with Crippen molar-refractivity contribution in [1.29, 1.82) is 0 Å². The summed E-state index contributed by atoms with van der Waals surface area (Å²) in [7, 11) is 0. The van der Waals surface area contributed by atoms with Crippen molar-refractivity contribution in [2.24, 2.45) is 17.6 Å². The predicted octanol–water partition coefficient (Wildman–Crippen LogP) is 2.21. The minimum atomic E-state index is 0.102. The molecule has 0 aromatic carbocycles. The fourth-order valence-electron chi connectivity index (χ4n) is 2.44. The highest BCUT2D eigenvalue weighted by molar-refractivity contribution is 5.83. The monoisotopic (exact) mass is 205 g/mol. The van der Waals surface area contributed by atoms with Gasteiger partial charge in [-0.3, -0.25) is 4.79 Å². The van der Waals surface area contributed by atoms with E-state index < -0.39 is 0 Å². The summed E-state index contributed by atoms with van der Waals surface area (Å²) in [5, 5.41) is 0. The number of Topliss-reactive ketones (excluding diaryl/α,β-unsaturated/α-hetero) is 1. The molecule has 0 saturated carbocycles. The van der Waals surface area contributed by atoms with Crippen LogP contribution in [0.2, 0.25) is 0 Å². The Hall–Kier alpha value is -0.890. The summed E-state index contributed by atoms with van der Waals surface area (Å²) >= 11 is 0. The van der Waals surface area contributed by atoms with Crippen LogP contribution in [0.25, 0.3) is 0 Å². The largest absolute Gasteiger partial charge is 0.324 e. The Bertz CT molecular complexity index is 293. The van der Waals surface area contributed by atoms with Gasteiger partial charge in [0, 0.05) is 18.4 Å². The lowest BCUT2D eigenvalue weighted by Crippen LogP contribution is -2.21. The van der Waals surface area contributed by atoms with Crippen molar-refractivity contribution in [2.75, 3.05) is 0 Å². The Morgan fingerprint density at radius 3 is 2.80 bits per heavy atom. The fourth-order valence-corrected chi connectivity index (χ4v) is 2.44. The highest BCUT2D eigenvalue weighted by Crippen LogP contribution is 2.26. The van der Waals surface area contributed by atoms with Crippen LogP contribution in [0.3, 0.4) is 0 Å². The topological polar surface area (TPSA) is 43.1 Å². The van der Waals surface area contributed by atoms with Gasteiger partial charge in [-0.05, 0) is 31.6 Å². The molecule has 0 aromatic rings. The van der Waals surface area contributed by atoms with Crippen LogP contribution >= 0.6 is 0 Å². The van der Waals surface area contributed by atoms with Crippen LogP contribution in [0.15, 0.2) is 24.3 Å². The normalized spacial score (nSPS) is 34.6. The van der Waals surface area contributed by atoms with Gasteiger partial charge in [-0.25, -0.2) is 0 Å². The van der Waals surface area contributed by atoms with Gasteiger partial charge in [0.15, 0.2) is 0 Å². The zero-order valence-electron chi connectivity index (χ0n) is 9.06.